The van der Waals surface area contributed by atoms with Gasteiger partial charge >= 0.3 is 0 Å². The molecule has 1 atom stereocenters. The molecule has 0 aliphatic carbocycles. The Morgan fingerprint density at radius 2 is 1.67 bits per heavy atom. The lowest BCUT2D eigenvalue weighted by Gasteiger charge is -2.19. The maximum absolute atomic E-state index is 5.40. The highest BCUT2D eigenvalue weighted by Crippen LogP contribution is 2.21. The fraction of sp³-hybridized carbons (Fsp3) is 0.333. The quantitative estimate of drug-likeness (QED) is 0.797. The molecule has 0 heterocycles. The van der Waals surface area contributed by atoms with Crippen molar-refractivity contribution in [2.75, 3.05) is 7.11 Å². The highest BCUT2D eigenvalue weighted by atomic mass is 35.5. The van der Waals surface area contributed by atoms with E-state index in [4.69, 9.17) is 4.74 Å². The maximum atomic E-state index is 5.40. The highest BCUT2D eigenvalue weighted by molar-refractivity contribution is 5.85. The Labute approximate surface area is 133 Å². The van der Waals surface area contributed by atoms with E-state index in [9.17, 15) is 0 Å². The second kappa shape index (κ2) is 9.43. The first kappa shape index (κ1) is 17.5. The standard InChI is InChI=1S/C18H23NO.ClH/c1-3-9-17(15-10-5-4-6-11-15)19-14-16-12-7-8-13-18(16)20-2;/h4-8,10-13,17,19H,3,9,14H2,1-2H3;1H. The van der Waals surface area contributed by atoms with Crippen LogP contribution >= 0.6 is 12.4 Å². The van der Waals surface area contributed by atoms with Gasteiger partial charge in [-0.1, -0.05) is 61.9 Å². The van der Waals surface area contributed by atoms with Crippen molar-refractivity contribution in [2.45, 2.75) is 32.4 Å². The fourth-order valence-electron chi connectivity index (χ4n) is 2.44. The van der Waals surface area contributed by atoms with Crippen molar-refractivity contribution in [1.29, 1.82) is 0 Å². The molecular formula is C18H24ClNO. The molecule has 3 heteroatoms. The molecule has 0 aliphatic heterocycles. The fourth-order valence-corrected chi connectivity index (χ4v) is 2.44. The largest absolute Gasteiger partial charge is 0.496 e. The molecular weight excluding hydrogens is 282 g/mol. The summed E-state index contributed by atoms with van der Waals surface area (Å²) in [4.78, 5) is 0. The predicted molar refractivity (Wildman–Crippen MR) is 91.2 cm³/mol. The zero-order chi connectivity index (χ0) is 14.2. The number of methoxy groups -OCH3 is 1. The molecule has 2 nitrogen and oxygen atoms in total. The summed E-state index contributed by atoms with van der Waals surface area (Å²) in [5.41, 5.74) is 2.55. The number of para-hydroxylation sites is 1. The Kier molecular flexibility index (Phi) is 7.88. The molecule has 2 rings (SSSR count). The van der Waals surface area contributed by atoms with Crippen LogP contribution < -0.4 is 10.1 Å². The summed E-state index contributed by atoms with van der Waals surface area (Å²) >= 11 is 0. The molecule has 0 saturated heterocycles. The lowest BCUT2D eigenvalue weighted by Crippen LogP contribution is -2.21. The second-order valence-electron chi connectivity index (χ2n) is 4.94. The lowest BCUT2D eigenvalue weighted by atomic mass is 10.0. The SMILES string of the molecule is CCCC(NCc1ccccc1OC)c1ccccc1.Cl. The first-order chi connectivity index (χ1) is 9.85. The third-order valence-electron chi connectivity index (χ3n) is 3.51. The zero-order valence-corrected chi connectivity index (χ0v) is 13.5. The van der Waals surface area contributed by atoms with Gasteiger partial charge in [0.25, 0.3) is 0 Å². The van der Waals surface area contributed by atoms with Crippen molar-refractivity contribution in [3.05, 3.63) is 65.7 Å². The van der Waals surface area contributed by atoms with Crippen LogP contribution in [0.5, 0.6) is 5.75 Å². The summed E-state index contributed by atoms with van der Waals surface area (Å²) in [7, 11) is 1.72. The number of nitrogens with one attached hydrogen (secondary N) is 1. The van der Waals surface area contributed by atoms with Gasteiger partial charge in [0.05, 0.1) is 7.11 Å². The van der Waals surface area contributed by atoms with Gasteiger partial charge in [-0.25, -0.2) is 0 Å². The van der Waals surface area contributed by atoms with Crippen molar-refractivity contribution >= 4 is 12.4 Å². The van der Waals surface area contributed by atoms with Crippen LogP contribution in [-0.4, -0.2) is 7.11 Å². The van der Waals surface area contributed by atoms with Crippen LogP contribution in [0.3, 0.4) is 0 Å². The Hall–Kier alpha value is -1.51. The van der Waals surface area contributed by atoms with Gasteiger partial charge in [0, 0.05) is 18.2 Å². The topological polar surface area (TPSA) is 21.3 Å². The van der Waals surface area contributed by atoms with Gasteiger partial charge in [0.15, 0.2) is 0 Å². The normalized spacial score (nSPS) is 11.5. The second-order valence-corrected chi connectivity index (χ2v) is 4.94. The van der Waals surface area contributed by atoms with Crippen LogP contribution in [0.4, 0.5) is 0 Å². The average molecular weight is 306 g/mol. The Balaban J connectivity index is 0.00000220. The molecule has 0 spiro atoms. The van der Waals surface area contributed by atoms with Crippen LogP contribution in [0, 0.1) is 0 Å². The Morgan fingerprint density at radius 3 is 2.33 bits per heavy atom. The molecule has 2 aromatic rings. The first-order valence-electron chi connectivity index (χ1n) is 7.25. The van der Waals surface area contributed by atoms with Crippen LogP contribution in [0.1, 0.15) is 36.9 Å². The van der Waals surface area contributed by atoms with Gasteiger partial charge in [0.2, 0.25) is 0 Å². The number of hydrogen-bond donors (Lipinski definition) is 1. The van der Waals surface area contributed by atoms with Crippen molar-refractivity contribution < 1.29 is 4.74 Å². The predicted octanol–water partition coefficient (Wildman–Crippen LogP) is 4.75. The number of hydrogen-bond acceptors (Lipinski definition) is 2. The molecule has 0 fully saturated rings. The summed E-state index contributed by atoms with van der Waals surface area (Å²) in [5.74, 6) is 0.948. The number of ether oxygens (including phenoxy) is 1. The van der Waals surface area contributed by atoms with Crippen molar-refractivity contribution in [1.82, 2.24) is 5.32 Å². The van der Waals surface area contributed by atoms with E-state index in [-0.39, 0.29) is 12.4 Å². The lowest BCUT2D eigenvalue weighted by molar-refractivity contribution is 0.403. The van der Waals surface area contributed by atoms with Crippen molar-refractivity contribution in [3.8, 4) is 5.75 Å². The van der Waals surface area contributed by atoms with Gasteiger partial charge in [-0.2, -0.15) is 0 Å². The molecule has 2 aromatic carbocycles. The number of rotatable bonds is 7. The van der Waals surface area contributed by atoms with E-state index >= 15 is 0 Å². The van der Waals surface area contributed by atoms with E-state index in [1.54, 1.807) is 7.11 Å². The summed E-state index contributed by atoms with van der Waals surface area (Å²) in [6.45, 7) is 3.05. The summed E-state index contributed by atoms with van der Waals surface area (Å²) in [6.07, 6.45) is 2.30. The molecule has 0 saturated carbocycles. The van der Waals surface area contributed by atoms with E-state index in [1.165, 1.54) is 17.5 Å². The number of benzene rings is 2. The zero-order valence-electron chi connectivity index (χ0n) is 12.7. The van der Waals surface area contributed by atoms with E-state index in [0.29, 0.717) is 6.04 Å². The Bertz CT molecular complexity index is 516. The van der Waals surface area contributed by atoms with E-state index < -0.39 is 0 Å². The molecule has 1 unspecified atom stereocenters. The van der Waals surface area contributed by atoms with Gasteiger partial charge < -0.3 is 10.1 Å². The van der Waals surface area contributed by atoms with Crippen molar-refractivity contribution in [3.63, 3.8) is 0 Å². The summed E-state index contributed by atoms with van der Waals surface area (Å²) in [6, 6.07) is 19.2. The van der Waals surface area contributed by atoms with E-state index in [0.717, 1.165) is 18.7 Å². The third-order valence-corrected chi connectivity index (χ3v) is 3.51. The highest BCUT2D eigenvalue weighted by Gasteiger charge is 2.10. The molecule has 0 aliphatic rings. The molecule has 0 radical (unpaired) electrons. The number of halogens is 1. The smallest absolute Gasteiger partial charge is 0.123 e. The minimum Gasteiger partial charge on any atom is -0.496 e. The average Bonchev–Trinajstić information content (AvgIpc) is 2.52. The van der Waals surface area contributed by atoms with Gasteiger partial charge in [-0.3, -0.25) is 0 Å². The van der Waals surface area contributed by atoms with E-state index in [2.05, 4.69) is 54.7 Å². The molecule has 0 amide bonds. The maximum Gasteiger partial charge on any atom is 0.123 e. The molecule has 0 aromatic heterocycles. The minimum atomic E-state index is 0. The minimum absolute atomic E-state index is 0. The molecule has 21 heavy (non-hydrogen) atoms. The molecule has 114 valence electrons. The van der Waals surface area contributed by atoms with Gasteiger partial charge in [0.1, 0.15) is 5.75 Å². The van der Waals surface area contributed by atoms with Gasteiger partial charge in [-0.15, -0.1) is 12.4 Å². The molecule has 0 bridgehead atoms. The van der Waals surface area contributed by atoms with E-state index in [1.807, 2.05) is 12.1 Å². The monoisotopic (exact) mass is 305 g/mol. The van der Waals surface area contributed by atoms with Crippen LogP contribution in [0.25, 0.3) is 0 Å². The Morgan fingerprint density at radius 1 is 1.00 bits per heavy atom. The summed E-state index contributed by atoms with van der Waals surface area (Å²) in [5, 5.41) is 3.65. The van der Waals surface area contributed by atoms with Crippen LogP contribution in [0.15, 0.2) is 54.6 Å². The summed E-state index contributed by atoms with van der Waals surface area (Å²) < 4.78 is 5.40. The first-order valence-corrected chi connectivity index (χ1v) is 7.25. The van der Waals surface area contributed by atoms with Crippen LogP contribution in [0.2, 0.25) is 0 Å². The van der Waals surface area contributed by atoms with Crippen molar-refractivity contribution in [2.24, 2.45) is 0 Å². The molecule has 1 N–H and O–H groups in total. The third kappa shape index (κ3) is 5.07. The van der Waals surface area contributed by atoms with Gasteiger partial charge in [-0.05, 0) is 18.1 Å². The van der Waals surface area contributed by atoms with Crippen LogP contribution in [-0.2, 0) is 6.54 Å².